The Bertz CT molecular complexity index is 582. The molecule has 0 aromatic carbocycles. The molecule has 1 spiro atoms. The minimum atomic E-state index is -0.620. The molecule has 2 aliphatic rings. The van der Waals surface area contributed by atoms with Gasteiger partial charge in [0, 0.05) is 32.0 Å². The summed E-state index contributed by atoms with van der Waals surface area (Å²) in [6.07, 6.45) is 1.04. The number of ether oxygens (including phenoxy) is 2. The SMILES string of the molecule is N=c1nc(N2CCC3(CC2)OCC(CO)O3)cc(N)n1O. The van der Waals surface area contributed by atoms with Crippen LogP contribution >= 0.6 is 0 Å². The lowest BCUT2D eigenvalue weighted by atomic mass is 10.0. The molecule has 2 fully saturated rings. The zero-order valence-corrected chi connectivity index (χ0v) is 11.5. The van der Waals surface area contributed by atoms with Crippen LogP contribution in [0.3, 0.4) is 0 Å². The van der Waals surface area contributed by atoms with Gasteiger partial charge in [0.05, 0.1) is 13.2 Å². The number of nitrogen functional groups attached to an aromatic ring is 1. The number of nitrogens with two attached hydrogens (primary N) is 1. The first kappa shape index (κ1) is 14.1. The Labute approximate surface area is 121 Å². The summed E-state index contributed by atoms with van der Waals surface area (Å²) in [4.78, 5) is 5.98. The highest BCUT2D eigenvalue weighted by Gasteiger charge is 2.43. The van der Waals surface area contributed by atoms with Crippen LogP contribution in [-0.4, -0.2) is 58.2 Å². The summed E-state index contributed by atoms with van der Waals surface area (Å²) in [5, 5.41) is 26.1. The number of anilines is 2. The Balaban J connectivity index is 1.70. The van der Waals surface area contributed by atoms with Gasteiger partial charge >= 0.3 is 0 Å². The van der Waals surface area contributed by atoms with Gasteiger partial charge in [-0.15, -0.1) is 4.73 Å². The number of nitrogens with one attached hydrogen (secondary N) is 1. The van der Waals surface area contributed by atoms with E-state index in [1.807, 2.05) is 4.90 Å². The second kappa shape index (κ2) is 5.17. The molecule has 116 valence electrons. The Kier molecular flexibility index (Phi) is 3.47. The monoisotopic (exact) mass is 297 g/mol. The maximum atomic E-state index is 9.41. The molecule has 9 nitrogen and oxygen atoms in total. The Morgan fingerprint density at radius 3 is 2.76 bits per heavy atom. The van der Waals surface area contributed by atoms with Crippen LogP contribution in [0.4, 0.5) is 11.6 Å². The van der Waals surface area contributed by atoms with Gasteiger partial charge in [0.25, 0.3) is 5.62 Å². The molecule has 2 aliphatic heterocycles. The van der Waals surface area contributed by atoms with Crippen molar-refractivity contribution in [2.75, 3.05) is 36.9 Å². The molecule has 0 amide bonds. The van der Waals surface area contributed by atoms with Crippen molar-refractivity contribution < 1.29 is 19.8 Å². The van der Waals surface area contributed by atoms with Gasteiger partial charge in [0.2, 0.25) is 0 Å². The van der Waals surface area contributed by atoms with Crippen molar-refractivity contribution >= 4 is 11.6 Å². The molecule has 1 atom stereocenters. The van der Waals surface area contributed by atoms with Gasteiger partial charge in [-0.2, -0.15) is 4.98 Å². The molecule has 0 saturated carbocycles. The van der Waals surface area contributed by atoms with Gasteiger partial charge < -0.3 is 30.4 Å². The van der Waals surface area contributed by atoms with Crippen LogP contribution in [0, 0.1) is 5.41 Å². The second-order valence-electron chi connectivity index (χ2n) is 5.31. The van der Waals surface area contributed by atoms with E-state index < -0.39 is 5.79 Å². The van der Waals surface area contributed by atoms with Crippen LogP contribution in [0.25, 0.3) is 0 Å². The fraction of sp³-hybridized carbons (Fsp3) is 0.667. The molecule has 5 N–H and O–H groups in total. The minimum absolute atomic E-state index is 0.0407. The average molecular weight is 297 g/mol. The van der Waals surface area contributed by atoms with Crippen molar-refractivity contribution in [2.45, 2.75) is 24.7 Å². The lowest BCUT2D eigenvalue weighted by Crippen LogP contribution is -2.46. The maximum Gasteiger partial charge on any atom is 0.259 e. The van der Waals surface area contributed by atoms with E-state index >= 15 is 0 Å². The first-order valence-corrected chi connectivity index (χ1v) is 6.84. The van der Waals surface area contributed by atoms with Gasteiger partial charge in [-0.05, 0) is 0 Å². The quantitative estimate of drug-likeness (QED) is 0.509. The van der Waals surface area contributed by atoms with Crippen LogP contribution in [0.1, 0.15) is 12.8 Å². The van der Waals surface area contributed by atoms with Gasteiger partial charge in [0.15, 0.2) is 5.79 Å². The molecule has 2 saturated heterocycles. The third kappa shape index (κ3) is 2.55. The van der Waals surface area contributed by atoms with Gasteiger partial charge in [-0.3, -0.25) is 5.41 Å². The highest BCUT2D eigenvalue weighted by molar-refractivity contribution is 5.46. The van der Waals surface area contributed by atoms with Crippen molar-refractivity contribution in [2.24, 2.45) is 0 Å². The van der Waals surface area contributed by atoms with E-state index in [4.69, 9.17) is 25.7 Å². The highest BCUT2D eigenvalue weighted by atomic mass is 16.7. The summed E-state index contributed by atoms with van der Waals surface area (Å²) in [7, 11) is 0. The number of aliphatic hydroxyl groups excluding tert-OH is 1. The minimum Gasteiger partial charge on any atom is -0.423 e. The fourth-order valence-corrected chi connectivity index (χ4v) is 2.71. The number of piperidine rings is 1. The molecule has 3 rings (SSSR count). The highest BCUT2D eigenvalue weighted by Crippen LogP contribution is 2.35. The van der Waals surface area contributed by atoms with E-state index in [1.54, 1.807) is 0 Å². The van der Waals surface area contributed by atoms with Crippen LogP contribution in [0.2, 0.25) is 0 Å². The van der Waals surface area contributed by atoms with Gasteiger partial charge in [-0.25, -0.2) is 0 Å². The van der Waals surface area contributed by atoms with E-state index in [-0.39, 0.29) is 24.1 Å². The maximum absolute atomic E-state index is 9.41. The van der Waals surface area contributed by atoms with Crippen molar-refractivity contribution in [3.05, 3.63) is 11.7 Å². The summed E-state index contributed by atoms with van der Waals surface area (Å²) < 4.78 is 12.0. The third-order valence-corrected chi connectivity index (χ3v) is 3.91. The van der Waals surface area contributed by atoms with Crippen molar-refractivity contribution in [3.63, 3.8) is 0 Å². The van der Waals surface area contributed by atoms with Crippen molar-refractivity contribution in [1.29, 1.82) is 5.41 Å². The molecule has 1 aromatic rings. The van der Waals surface area contributed by atoms with Crippen molar-refractivity contribution in [3.8, 4) is 0 Å². The molecular weight excluding hydrogens is 278 g/mol. The normalized spacial score (nSPS) is 24.6. The molecule has 1 aromatic heterocycles. The summed E-state index contributed by atoms with van der Waals surface area (Å²) >= 11 is 0. The number of aliphatic hydroxyl groups is 1. The van der Waals surface area contributed by atoms with Gasteiger partial charge in [0.1, 0.15) is 17.7 Å². The van der Waals surface area contributed by atoms with Crippen LogP contribution in [-0.2, 0) is 9.47 Å². The van der Waals surface area contributed by atoms with Crippen LogP contribution in [0.5, 0.6) is 0 Å². The topological polar surface area (TPSA) is 130 Å². The molecule has 0 bridgehead atoms. The number of hydrogen-bond acceptors (Lipinski definition) is 8. The van der Waals surface area contributed by atoms with E-state index in [0.717, 1.165) is 0 Å². The number of aromatic nitrogens is 2. The Hall–Kier alpha value is -1.84. The molecule has 9 heteroatoms. The van der Waals surface area contributed by atoms with Crippen molar-refractivity contribution in [1.82, 2.24) is 9.71 Å². The molecule has 0 radical (unpaired) electrons. The summed E-state index contributed by atoms with van der Waals surface area (Å²) in [6.45, 7) is 1.65. The van der Waals surface area contributed by atoms with E-state index in [1.165, 1.54) is 6.07 Å². The molecular formula is C12H19N5O4. The van der Waals surface area contributed by atoms with Crippen LogP contribution in [0.15, 0.2) is 6.07 Å². The number of rotatable bonds is 2. The Morgan fingerprint density at radius 1 is 1.48 bits per heavy atom. The Morgan fingerprint density at radius 2 is 2.19 bits per heavy atom. The molecule has 3 heterocycles. The first-order chi connectivity index (χ1) is 10.0. The predicted molar refractivity (Wildman–Crippen MR) is 71.8 cm³/mol. The summed E-state index contributed by atoms with van der Waals surface area (Å²) in [5.41, 5.74) is 5.32. The third-order valence-electron chi connectivity index (χ3n) is 3.91. The largest absolute Gasteiger partial charge is 0.423 e. The fourth-order valence-electron chi connectivity index (χ4n) is 2.71. The average Bonchev–Trinajstić information content (AvgIpc) is 2.88. The number of hydrogen-bond donors (Lipinski definition) is 4. The summed E-state index contributed by atoms with van der Waals surface area (Å²) in [5.74, 6) is -0.00129. The lowest BCUT2D eigenvalue weighted by Gasteiger charge is -2.38. The van der Waals surface area contributed by atoms with Crippen LogP contribution < -0.4 is 16.3 Å². The zero-order valence-electron chi connectivity index (χ0n) is 11.5. The lowest BCUT2D eigenvalue weighted by molar-refractivity contribution is -0.183. The summed E-state index contributed by atoms with van der Waals surface area (Å²) in [6, 6.07) is 1.53. The molecule has 1 unspecified atom stereocenters. The zero-order chi connectivity index (χ0) is 15.0. The standard InChI is InChI=1S/C12H19N5O4/c13-9-5-10(15-11(14)17(9)19)16-3-1-12(2-4-16)20-7-8(6-18)21-12/h5,8,14,18-19H,1-4,6-7,13H2. The van der Waals surface area contributed by atoms with E-state index in [2.05, 4.69) is 4.98 Å². The van der Waals surface area contributed by atoms with Gasteiger partial charge in [-0.1, -0.05) is 0 Å². The van der Waals surface area contributed by atoms with E-state index in [9.17, 15) is 5.21 Å². The predicted octanol–water partition coefficient (Wildman–Crippen LogP) is -1.11. The molecule has 0 aliphatic carbocycles. The van der Waals surface area contributed by atoms with E-state index in [0.29, 0.717) is 43.1 Å². The second-order valence-corrected chi connectivity index (χ2v) is 5.31. The smallest absolute Gasteiger partial charge is 0.259 e. The molecule has 21 heavy (non-hydrogen) atoms. The number of nitrogens with zero attached hydrogens (tertiary/aromatic N) is 3. The first-order valence-electron chi connectivity index (χ1n) is 6.84.